The van der Waals surface area contributed by atoms with Crippen LogP contribution >= 0.6 is 0 Å². The number of aromatic nitrogens is 4. The summed E-state index contributed by atoms with van der Waals surface area (Å²) in [6, 6.07) is 8.93. The van der Waals surface area contributed by atoms with Crippen LogP contribution in [0.25, 0.3) is 33.2 Å². The Balaban J connectivity index is 1.70. The maximum absolute atomic E-state index is 14.1. The molecule has 0 radical (unpaired) electrons. The molecule has 0 saturated carbocycles. The number of aromatic amines is 1. The van der Waals surface area contributed by atoms with Gasteiger partial charge < -0.3 is 5.32 Å². The third-order valence-corrected chi connectivity index (χ3v) is 5.32. The van der Waals surface area contributed by atoms with E-state index >= 15 is 0 Å². The first-order chi connectivity index (χ1) is 16.9. The van der Waals surface area contributed by atoms with Crippen molar-refractivity contribution < 1.29 is 35.1 Å². The molecule has 0 unspecified atom stereocenters. The van der Waals surface area contributed by atoms with E-state index in [-0.39, 0.29) is 34.1 Å². The second-order valence-electron chi connectivity index (χ2n) is 7.68. The average Bonchev–Trinajstić information content (AvgIpc) is 3.20. The average molecular weight is 509 g/mol. The fraction of sp³-hybridized carbons (Fsp3) is 0.0870. The van der Waals surface area contributed by atoms with Crippen LogP contribution in [0, 0.1) is 11.6 Å². The van der Waals surface area contributed by atoms with E-state index in [2.05, 4.69) is 25.5 Å². The summed E-state index contributed by atoms with van der Waals surface area (Å²) in [6.45, 7) is 0. The van der Waals surface area contributed by atoms with Gasteiger partial charge in [-0.15, -0.1) is 0 Å². The quantitative estimate of drug-likeness (QED) is 0.252. The predicted molar refractivity (Wildman–Crippen MR) is 114 cm³/mol. The lowest BCUT2D eigenvalue weighted by Crippen LogP contribution is -2.13. The number of hydrogen-bond donors (Lipinski definition) is 2. The number of anilines is 2. The van der Waals surface area contributed by atoms with Gasteiger partial charge in [0.1, 0.15) is 17.2 Å². The molecule has 5 aromatic rings. The van der Waals surface area contributed by atoms with Crippen LogP contribution in [-0.4, -0.2) is 20.2 Å². The molecule has 184 valence electrons. The highest BCUT2D eigenvalue weighted by atomic mass is 19.4. The van der Waals surface area contributed by atoms with Crippen molar-refractivity contribution in [2.45, 2.75) is 12.4 Å². The third-order valence-electron chi connectivity index (χ3n) is 5.32. The predicted octanol–water partition coefficient (Wildman–Crippen LogP) is 7.23. The molecule has 36 heavy (non-hydrogen) atoms. The van der Waals surface area contributed by atoms with Crippen molar-refractivity contribution in [2.75, 3.05) is 5.32 Å². The highest BCUT2D eigenvalue weighted by molar-refractivity contribution is 5.97. The molecule has 0 aliphatic heterocycles. The molecule has 2 N–H and O–H groups in total. The molecule has 2 aromatic heterocycles. The zero-order valence-corrected chi connectivity index (χ0v) is 17.6. The third kappa shape index (κ3) is 4.16. The molecule has 0 aliphatic carbocycles. The Labute approximate surface area is 195 Å². The zero-order chi connectivity index (χ0) is 25.8. The fourth-order valence-corrected chi connectivity index (χ4v) is 3.70. The van der Waals surface area contributed by atoms with Crippen LogP contribution < -0.4 is 5.32 Å². The Morgan fingerprint density at radius 2 is 1.50 bits per heavy atom. The summed E-state index contributed by atoms with van der Waals surface area (Å²) < 4.78 is 108. The largest absolute Gasteiger partial charge is 0.417 e. The lowest BCUT2D eigenvalue weighted by molar-refractivity contribution is -0.142. The fourth-order valence-electron chi connectivity index (χ4n) is 3.70. The highest BCUT2D eigenvalue weighted by Crippen LogP contribution is 2.41. The van der Waals surface area contributed by atoms with Crippen molar-refractivity contribution in [2.24, 2.45) is 0 Å². The summed E-state index contributed by atoms with van der Waals surface area (Å²) >= 11 is 0. The smallest absolute Gasteiger partial charge is 0.322 e. The van der Waals surface area contributed by atoms with E-state index in [0.717, 1.165) is 6.07 Å². The highest BCUT2D eigenvalue weighted by Gasteiger charge is 2.39. The van der Waals surface area contributed by atoms with Gasteiger partial charge >= 0.3 is 12.4 Å². The Hall–Kier alpha value is -4.29. The second-order valence-corrected chi connectivity index (χ2v) is 7.68. The van der Waals surface area contributed by atoms with Crippen LogP contribution in [0.2, 0.25) is 0 Å². The Morgan fingerprint density at radius 3 is 2.22 bits per heavy atom. The van der Waals surface area contributed by atoms with Gasteiger partial charge in [0, 0.05) is 17.0 Å². The Bertz CT molecular complexity index is 1620. The van der Waals surface area contributed by atoms with E-state index < -0.39 is 46.5 Å². The van der Waals surface area contributed by atoms with E-state index in [9.17, 15) is 35.1 Å². The molecule has 0 bridgehead atoms. The molecule has 0 atom stereocenters. The second kappa shape index (κ2) is 8.14. The molecular formula is C23H11F8N5. The van der Waals surface area contributed by atoms with E-state index in [0.29, 0.717) is 23.6 Å². The maximum atomic E-state index is 14.1. The van der Waals surface area contributed by atoms with Gasteiger partial charge in [-0.25, -0.2) is 18.7 Å². The van der Waals surface area contributed by atoms with Gasteiger partial charge in [-0.2, -0.15) is 31.4 Å². The van der Waals surface area contributed by atoms with Gasteiger partial charge in [0.25, 0.3) is 0 Å². The molecule has 0 aliphatic rings. The number of para-hydroxylation sites is 1. The molecule has 5 nitrogen and oxygen atoms in total. The molecular weight excluding hydrogens is 498 g/mol. The summed E-state index contributed by atoms with van der Waals surface area (Å²) in [4.78, 5) is 8.23. The summed E-state index contributed by atoms with van der Waals surface area (Å²) in [5.41, 5.74) is -3.71. The topological polar surface area (TPSA) is 66.5 Å². The summed E-state index contributed by atoms with van der Waals surface area (Å²) in [5.74, 6) is -2.49. The van der Waals surface area contributed by atoms with Gasteiger partial charge in [0.15, 0.2) is 17.5 Å². The number of fused-ring (bicyclic) bond motifs is 2. The zero-order valence-electron chi connectivity index (χ0n) is 17.6. The van der Waals surface area contributed by atoms with E-state index in [4.69, 9.17) is 0 Å². The molecule has 0 fully saturated rings. The summed E-state index contributed by atoms with van der Waals surface area (Å²) in [6.07, 6.45) is -10.1. The lowest BCUT2D eigenvalue weighted by atomic mass is 10.0. The van der Waals surface area contributed by atoms with Gasteiger partial charge in [-0.05, 0) is 36.4 Å². The van der Waals surface area contributed by atoms with Crippen molar-refractivity contribution in [1.29, 1.82) is 0 Å². The number of benzene rings is 3. The van der Waals surface area contributed by atoms with Crippen LogP contribution in [0.5, 0.6) is 0 Å². The van der Waals surface area contributed by atoms with E-state index in [1.807, 2.05) is 0 Å². The van der Waals surface area contributed by atoms with Gasteiger partial charge in [-0.1, -0.05) is 12.1 Å². The first kappa shape index (κ1) is 23.5. The van der Waals surface area contributed by atoms with E-state index in [1.54, 1.807) is 12.1 Å². The number of hydrogen-bond acceptors (Lipinski definition) is 4. The monoisotopic (exact) mass is 509 g/mol. The molecule has 5 rings (SSSR count). The molecule has 0 spiro atoms. The minimum Gasteiger partial charge on any atom is -0.322 e. The van der Waals surface area contributed by atoms with Crippen molar-refractivity contribution in [3.63, 3.8) is 0 Å². The van der Waals surface area contributed by atoms with Crippen LogP contribution in [-0.2, 0) is 12.4 Å². The van der Waals surface area contributed by atoms with E-state index in [1.165, 1.54) is 12.1 Å². The first-order valence-corrected chi connectivity index (χ1v) is 10.1. The van der Waals surface area contributed by atoms with Crippen LogP contribution in [0.1, 0.15) is 11.1 Å². The van der Waals surface area contributed by atoms with Gasteiger partial charge in [0.2, 0.25) is 0 Å². The molecule has 2 heterocycles. The molecule has 0 saturated heterocycles. The van der Waals surface area contributed by atoms with Crippen molar-refractivity contribution in [1.82, 2.24) is 20.2 Å². The minimum absolute atomic E-state index is 0.00209. The van der Waals surface area contributed by atoms with Crippen LogP contribution in [0.3, 0.4) is 0 Å². The van der Waals surface area contributed by atoms with Crippen molar-refractivity contribution >= 4 is 33.4 Å². The lowest BCUT2D eigenvalue weighted by Gasteiger charge is -2.16. The van der Waals surface area contributed by atoms with Gasteiger partial charge in [0.05, 0.1) is 22.0 Å². The first-order valence-electron chi connectivity index (χ1n) is 10.1. The van der Waals surface area contributed by atoms with Crippen LogP contribution in [0.15, 0.2) is 54.6 Å². The number of nitrogens with zero attached hydrogens (tertiary/aromatic N) is 3. The standard InChI is InChI=1S/C23H11F8N5/c24-11-8-14-18(16(25)9-11)35-36-21(14)34-20-13-3-1-2-4-17(13)32-19(33-20)12-6-5-10(22(26,27)28)7-15(12)23(29,30)31/h1-9H,(H2,32,33,34,35,36). The van der Waals surface area contributed by atoms with Gasteiger partial charge in [-0.3, -0.25) is 5.10 Å². The Kier molecular flexibility index (Phi) is 5.30. The van der Waals surface area contributed by atoms with Crippen LogP contribution in [0.4, 0.5) is 46.8 Å². The van der Waals surface area contributed by atoms with Crippen molar-refractivity contribution in [3.05, 3.63) is 77.4 Å². The number of halogens is 8. The Morgan fingerprint density at radius 1 is 0.750 bits per heavy atom. The number of nitrogens with one attached hydrogen (secondary N) is 2. The summed E-state index contributed by atoms with van der Waals surface area (Å²) in [5, 5.41) is 9.34. The molecule has 13 heteroatoms. The molecule has 0 amide bonds. The number of rotatable bonds is 3. The number of H-pyrrole nitrogens is 1. The number of alkyl halides is 6. The van der Waals surface area contributed by atoms with Crippen molar-refractivity contribution in [3.8, 4) is 11.4 Å². The maximum Gasteiger partial charge on any atom is 0.417 e. The minimum atomic E-state index is -5.15. The summed E-state index contributed by atoms with van der Waals surface area (Å²) in [7, 11) is 0. The molecule has 3 aromatic carbocycles. The SMILES string of the molecule is Fc1cc(F)c2[nH]nc(Nc3nc(-c4ccc(C(F)(F)F)cc4C(F)(F)F)nc4ccccc34)c2c1. The normalized spacial score (nSPS) is 12.4.